The van der Waals surface area contributed by atoms with Crippen LogP contribution in [0.5, 0.6) is 5.75 Å². The first-order chi connectivity index (χ1) is 10.0. The summed E-state index contributed by atoms with van der Waals surface area (Å²) < 4.78 is 0. The molecule has 2 saturated carbocycles. The van der Waals surface area contributed by atoms with Crippen molar-refractivity contribution in [3.63, 3.8) is 0 Å². The minimum atomic E-state index is -0.0972. The number of benzene rings is 1. The Morgan fingerprint density at radius 1 is 1.14 bits per heavy atom. The predicted octanol–water partition coefficient (Wildman–Crippen LogP) is 4.17. The first kappa shape index (κ1) is 13.6. The van der Waals surface area contributed by atoms with E-state index in [2.05, 4.69) is 19.9 Å². The van der Waals surface area contributed by atoms with Crippen LogP contribution < -0.4 is 0 Å². The molecule has 0 bridgehead atoms. The average Bonchev–Trinajstić information content (AvgIpc) is 2.76. The predicted molar refractivity (Wildman–Crippen MR) is 83.4 cm³/mol. The van der Waals surface area contributed by atoms with Gasteiger partial charge in [-0.15, -0.1) is 0 Å². The summed E-state index contributed by atoms with van der Waals surface area (Å²) in [7, 11) is 0. The van der Waals surface area contributed by atoms with Gasteiger partial charge in [0.1, 0.15) is 5.75 Å². The second-order valence-corrected chi connectivity index (χ2v) is 7.96. The SMILES string of the molecule is CC1CC2C(CCC3(C)C(O)CCC23)c2ccc(O)cc21. The van der Waals surface area contributed by atoms with Crippen LogP contribution in [-0.2, 0) is 0 Å². The van der Waals surface area contributed by atoms with Gasteiger partial charge in [0.15, 0.2) is 0 Å². The molecule has 21 heavy (non-hydrogen) atoms. The Labute approximate surface area is 127 Å². The lowest BCUT2D eigenvalue weighted by Gasteiger charge is -2.51. The molecule has 6 unspecified atom stereocenters. The van der Waals surface area contributed by atoms with Crippen LogP contribution in [0.1, 0.15) is 68.9 Å². The monoisotopic (exact) mass is 286 g/mol. The Morgan fingerprint density at radius 3 is 2.76 bits per heavy atom. The van der Waals surface area contributed by atoms with E-state index in [1.54, 1.807) is 0 Å². The van der Waals surface area contributed by atoms with Crippen molar-refractivity contribution in [2.45, 2.75) is 63.9 Å². The lowest BCUT2D eigenvalue weighted by molar-refractivity contribution is -0.0245. The zero-order valence-electron chi connectivity index (χ0n) is 13.0. The van der Waals surface area contributed by atoms with Crippen LogP contribution >= 0.6 is 0 Å². The van der Waals surface area contributed by atoms with Gasteiger partial charge in [-0.1, -0.05) is 19.9 Å². The Bertz CT molecular complexity index is 567. The zero-order valence-corrected chi connectivity index (χ0v) is 13.0. The number of hydrogen-bond acceptors (Lipinski definition) is 2. The average molecular weight is 286 g/mol. The largest absolute Gasteiger partial charge is 0.508 e. The van der Waals surface area contributed by atoms with Crippen molar-refractivity contribution in [3.05, 3.63) is 29.3 Å². The second-order valence-electron chi connectivity index (χ2n) is 7.96. The Kier molecular flexibility index (Phi) is 2.91. The molecule has 3 aliphatic carbocycles. The molecule has 0 aromatic heterocycles. The number of hydrogen-bond donors (Lipinski definition) is 2. The number of aliphatic hydroxyl groups is 1. The van der Waals surface area contributed by atoms with Gasteiger partial charge in [-0.2, -0.15) is 0 Å². The third-order valence-electron chi connectivity index (χ3n) is 7.01. The van der Waals surface area contributed by atoms with E-state index < -0.39 is 0 Å². The van der Waals surface area contributed by atoms with Crippen LogP contribution in [0.3, 0.4) is 0 Å². The van der Waals surface area contributed by atoms with Crippen LogP contribution in [0, 0.1) is 17.3 Å². The van der Waals surface area contributed by atoms with Crippen molar-refractivity contribution in [1.29, 1.82) is 0 Å². The topological polar surface area (TPSA) is 40.5 Å². The molecule has 0 amide bonds. The van der Waals surface area contributed by atoms with Gasteiger partial charge in [0.05, 0.1) is 6.10 Å². The molecule has 3 aliphatic rings. The Balaban J connectivity index is 1.75. The van der Waals surface area contributed by atoms with Gasteiger partial charge in [-0.3, -0.25) is 0 Å². The number of fused-ring (bicyclic) bond motifs is 5. The molecule has 114 valence electrons. The van der Waals surface area contributed by atoms with Crippen LogP contribution in [-0.4, -0.2) is 16.3 Å². The maximum atomic E-state index is 10.4. The van der Waals surface area contributed by atoms with Crippen LogP contribution in [0.15, 0.2) is 18.2 Å². The lowest BCUT2D eigenvalue weighted by Crippen LogP contribution is -2.44. The summed E-state index contributed by atoms with van der Waals surface area (Å²) in [4.78, 5) is 0. The summed E-state index contributed by atoms with van der Waals surface area (Å²) in [5.41, 5.74) is 2.98. The molecule has 2 nitrogen and oxygen atoms in total. The first-order valence-corrected chi connectivity index (χ1v) is 8.51. The smallest absolute Gasteiger partial charge is 0.115 e. The molecule has 1 aromatic carbocycles. The van der Waals surface area contributed by atoms with E-state index in [9.17, 15) is 10.2 Å². The number of phenolic OH excluding ortho intramolecular Hbond substituents is 1. The van der Waals surface area contributed by atoms with Crippen LogP contribution in [0.25, 0.3) is 0 Å². The van der Waals surface area contributed by atoms with Gasteiger partial charge in [-0.05, 0) is 84.5 Å². The summed E-state index contributed by atoms with van der Waals surface area (Å²) in [6.45, 7) is 4.62. The van der Waals surface area contributed by atoms with Gasteiger partial charge in [0, 0.05) is 0 Å². The lowest BCUT2D eigenvalue weighted by atomic mass is 9.54. The van der Waals surface area contributed by atoms with E-state index in [4.69, 9.17) is 0 Å². The molecule has 0 aliphatic heterocycles. The van der Waals surface area contributed by atoms with Crippen LogP contribution in [0.2, 0.25) is 0 Å². The highest BCUT2D eigenvalue weighted by atomic mass is 16.3. The van der Waals surface area contributed by atoms with E-state index >= 15 is 0 Å². The van der Waals surface area contributed by atoms with E-state index in [0.29, 0.717) is 29.4 Å². The van der Waals surface area contributed by atoms with Gasteiger partial charge >= 0.3 is 0 Å². The fraction of sp³-hybridized carbons (Fsp3) is 0.684. The summed E-state index contributed by atoms with van der Waals surface area (Å²) in [6, 6.07) is 5.99. The Morgan fingerprint density at radius 2 is 1.95 bits per heavy atom. The summed E-state index contributed by atoms with van der Waals surface area (Å²) in [5.74, 6) is 2.95. The Hall–Kier alpha value is -1.02. The maximum absolute atomic E-state index is 10.4. The van der Waals surface area contributed by atoms with Gasteiger partial charge in [0.25, 0.3) is 0 Å². The quantitative estimate of drug-likeness (QED) is 0.751. The fourth-order valence-electron chi connectivity index (χ4n) is 5.84. The highest BCUT2D eigenvalue weighted by Gasteiger charge is 2.54. The molecule has 4 rings (SSSR count). The van der Waals surface area contributed by atoms with Crippen molar-refractivity contribution < 1.29 is 10.2 Å². The minimum absolute atomic E-state index is 0.0972. The molecule has 0 spiro atoms. The molecule has 2 N–H and O–H groups in total. The van der Waals surface area contributed by atoms with Crippen molar-refractivity contribution in [2.24, 2.45) is 17.3 Å². The van der Waals surface area contributed by atoms with E-state index in [1.165, 1.54) is 30.4 Å². The zero-order chi connectivity index (χ0) is 14.8. The summed E-state index contributed by atoms with van der Waals surface area (Å²) in [6.07, 6.45) is 5.64. The molecule has 0 saturated heterocycles. The third-order valence-corrected chi connectivity index (χ3v) is 7.01. The van der Waals surface area contributed by atoms with E-state index in [0.717, 1.165) is 12.8 Å². The molecule has 1 aromatic rings. The van der Waals surface area contributed by atoms with Gasteiger partial charge < -0.3 is 10.2 Å². The molecule has 0 radical (unpaired) electrons. The molecule has 2 heteroatoms. The first-order valence-electron chi connectivity index (χ1n) is 8.51. The van der Waals surface area contributed by atoms with E-state index in [-0.39, 0.29) is 11.5 Å². The second kappa shape index (κ2) is 4.49. The third kappa shape index (κ3) is 1.81. The number of rotatable bonds is 0. The molecule has 6 atom stereocenters. The van der Waals surface area contributed by atoms with Crippen molar-refractivity contribution in [1.82, 2.24) is 0 Å². The molecular formula is C19H26O2. The highest BCUT2D eigenvalue weighted by molar-refractivity contribution is 5.42. The normalized spacial score (nSPS) is 44.8. The number of phenols is 1. The summed E-state index contributed by atoms with van der Waals surface area (Å²) in [5, 5.41) is 20.2. The maximum Gasteiger partial charge on any atom is 0.115 e. The molecule has 2 fully saturated rings. The van der Waals surface area contributed by atoms with Gasteiger partial charge in [-0.25, -0.2) is 0 Å². The minimum Gasteiger partial charge on any atom is -0.508 e. The standard InChI is InChI=1S/C19H26O2/c1-11-9-16-14(13-4-3-12(20)10-15(11)13)7-8-19(2)17(16)5-6-18(19)21/h3-4,10-11,14,16-18,20-21H,5-9H2,1-2H3. The number of aromatic hydroxyl groups is 1. The van der Waals surface area contributed by atoms with Crippen molar-refractivity contribution in [2.75, 3.05) is 0 Å². The summed E-state index contributed by atoms with van der Waals surface area (Å²) >= 11 is 0. The van der Waals surface area contributed by atoms with Crippen LogP contribution in [0.4, 0.5) is 0 Å². The molecule has 0 heterocycles. The van der Waals surface area contributed by atoms with Crippen molar-refractivity contribution >= 4 is 0 Å². The highest BCUT2D eigenvalue weighted by Crippen LogP contribution is 2.62. The fourth-order valence-corrected chi connectivity index (χ4v) is 5.84. The number of aliphatic hydroxyl groups excluding tert-OH is 1. The van der Waals surface area contributed by atoms with Gasteiger partial charge in [0.2, 0.25) is 0 Å². The van der Waals surface area contributed by atoms with Crippen molar-refractivity contribution in [3.8, 4) is 5.75 Å². The van der Waals surface area contributed by atoms with E-state index in [1.807, 2.05) is 12.1 Å². The molecular weight excluding hydrogens is 260 g/mol.